The Labute approximate surface area is 122 Å². The molecule has 2 heterocycles. The summed E-state index contributed by atoms with van der Waals surface area (Å²) in [7, 11) is 0. The molecule has 0 saturated carbocycles. The quantitative estimate of drug-likeness (QED) is 0.783. The molecule has 8 heteroatoms. The summed E-state index contributed by atoms with van der Waals surface area (Å²) in [6, 6.07) is 7.38. The van der Waals surface area contributed by atoms with Crippen LogP contribution in [0.25, 0.3) is 4.96 Å². The minimum absolute atomic E-state index is 0.121. The van der Waals surface area contributed by atoms with Gasteiger partial charge in [0.15, 0.2) is 0 Å². The van der Waals surface area contributed by atoms with E-state index in [9.17, 15) is 9.59 Å². The molecule has 0 fully saturated rings. The first-order valence-electron chi connectivity index (χ1n) is 5.92. The number of aromatic nitrogens is 3. The molecule has 1 aromatic carbocycles. The first kappa shape index (κ1) is 13.3. The number of ether oxygens (including phenoxy) is 1. The van der Waals surface area contributed by atoms with Crippen molar-refractivity contribution >= 4 is 22.3 Å². The number of nitrogens with zero attached hydrogens (tertiary/aromatic N) is 3. The lowest BCUT2D eigenvalue weighted by atomic mass is 10.2. The summed E-state index contributed by atoms with van der Waals surface area (Å²) in [5, 5.41) is 12.7. The summed E-state index contributed by atoms with van der Waals surface area (Å²) in [5.74, 6) is -0.488. The van der Waals surface area contributed by atoms with Crippen LogP contribution < -0.4 is 10.3 Å². The smallest absolute Gasteiger partial charge is 0.335 e. The third kappa shape index (κ3) is 2.75. The molecule has 106 valence electrons. The fraction of sp³-hybridized carbons (Fsp3) is 0.0769. The number of benzene rings is 1. The van der Waals surface area contributed by atoms with Crippen LogP contribution in [0.3, 0.4) is 0 Å². The van der Waals surface area contributed by atoms with Gasteiger partial charge in [-0.05, 0) is 24.3 Å². The summed E-state index contributed by atoms with van der Waals surface area (Å²) in [5.41, 5.74) is 1.95. The Balaban J connectivity index is 1.76. The van der Waals surface area contributed by atoms with Crippen molar-refractivity contribution in [3.63, 3.8) is 0 Å². The highest BCUT2D eigenvalue weighted by Gasteiger charge is 2.06. The highest BCUT2D eigenvalue weighted by atomic mass is 32.1. The van der Waals surface area contributed by atoms with Gasteiger partial charge in [0.2, 0.25) is 4.96 Å². The Bertz CT molecular complexity index is 854. The third-order valence-electron chi connectivity index (χ3n) is 2.73. The topological polar surface area (TPSA) is 93.8 Å². The number of carboxylic acids is 1. The Kier molecular flexibility index (Phi) is 3.36. The Hall–Kier alpha value is -2.74. The van der Waals surface area contributed by atoms with Crippen molar-refractivity contribution in [2.45, 2.75) is 6.61 Å². The van der Waals surface area contributed by atoms with Gasteiger partial charge in [-0.3, -0.25) is 4.79 Å². The lowest BCUT2D eigenvalue weighted by Gasteiger charge is -2.05. The maximum Gasteiger partial charge on any atom is 0.335 e. The molecule has 0 amide bonds. The number of aromatic carboxylic acids is 1. The van der Waals surface area contributed by atoms with Gasteiger partial charge in [-0.25, -0.2) is 9.78 Å². The summed E-state index contributed by atoms with van der Waals surface area (Å²) >= 11 is 1.26. The molecule has 2 aromatic heterocycles. The van der Waals surface area contributed by atoms with E-state index in [0.717, 1.165) is 0 Å². The first-order chi connectivity index (χ1) is 10.1. The fourth-order valence-electron chi connectivity index (χ4n) is 1.73. The normalized spacial score (nSPS) is 10.7. The molecule has 0 atom stereocenters. The molecule has 0 radical (unpaired) electrons. The zero-order valence-corrected chi connectivity index (χ0v) is 11.4. The van der Waals surface area contributed by atoms with Crippen molar-refractivity contribution in [3.8, 4) is 5.75 Å². The summed E-state index contributed by atoms with van der Waals surface area (Å²) in [4.78, 5) is 27.2. The molecule has 7 nitrogen and oxygen atoms in total. The van der Waals surface area contributed by atoms with Crippen LogP contribution in [-0.4, -0.2) is 25.7 Å². The second kappa shape index (κ2) is 5.33. The lowest BCUT2D eigenvalue weighted by molar-refractivity contribution is 0.0697. The van der Waals surface area contributed by atoms with Crippen LogP contribution in [0.1, 0.15) is 16.1 Å². The van der Waals surface area contributed by atoms with Crippen LogP contribution >= 0.6 is 11.3 Å². The van der Waals surface area contributed by atoms with Crippen molar-refractivity contribution in [1.29, 1.82) is 0 Å². The van der Waals surface area contributed by atoms with Gasteiger partial charge in [0.05, 0.1) is 11.3 Å². The van der Waals surface area contributed by atoms with Gasteiger partial charge in [0, 0.05) is 6.07 Å². The standard InChI is InChI=1S/C13H9N3O4S/c17-11-5-9(15-13-16(11)14-7-21-13)6-20-10-3-1-8(2-4-10)12(18)19/h1-5,7H,6H2,(H,18,19). The van der Waals surface area contributed by atoms with Crippen molar-refractivity contribution in [1.82, 2.24) is 14.6 Å². The van der Waals surface area contributed by atoms with Crippen LogP contribution in [0.5, 0.6) is 5.75 Å². The second-order valence-corrected chi connectivity index (χ2v) is 4.95. The average molecular weight is 303 g/mol. The van der Waals surface area contributed by atoms with Crippen molar-refractivity contribution < 1.29 is 14.6 Å². The van der Waals surface area contributed by atoms with Crippen molar-refractivity contribution in [2.24, 2.45) is 0 Å². The summed E-state index contributed by atoms with van der Waals surface area (Å²) in [6.07, 6.45) is 0. The highest BCUT2D eigenvalue weighted by molar-refractivity contribution is 7.14. The van der Waals surface area contributed by atoms with Gasteiger partial charge >= 0.3 is 5.97 Å². The van der Waals surface area contributed by atoms with E-state index in [0.29, 0.717) is 16.4 Å². The minimum atomic E-state index is -0.994. The van der Waals surface area contributed by atoms with Gasteiger partial charge in [-0.15, -0.1) is 0 Å². The number of fused-ring (bicyclic) bond motifs is 1. The van der Waals surface area contributed by atoms with Gasteiger partial charge in [0.1, 0.15) is 17.9 Å². The molecule has 21 heavy (non-hydrogen) atoms. The monoisotopic (exact) mass is 303 g/mol. The Morgan fingerprint density at radius 3 is 2.81 bits per heavy atom. The molecular formula is C13H9N3O4S. The minimum Gasteiger partial charge on any atom is -0.487 e. The molecule has 0 aliphatic carbocycles. The van der Waals surface area contributed by atoms with E-state index in [1.165, 1.54) is 34.1 Å². The van der Waals surface area contributed by atoms with Crippen molar-refractivity contribution in [3.05, 3.63) is 57.5 Å². The van der Waals surface area contributed by atoms with E-state index in [2.05, 4.69) is 10.1 Å². The van der Waals surface area contributed by atoms with Gasteiger partial charge in [-0.1, -0.05) is 11.3 Å². The molecule has 0 bridgehead atoms. The molecule has 0 saturated heterocycles. The molecule has 1 N–H and O–H groups in total. The van der Waals surface area contributed by atoms with E-state index in [4.69, 9.17) is 9.84 Å². The molecule has 0 aliphatic heterocycles. The lowest BCUT2D eigenvalue weighted by Crippen LogP contribution is -2.16. The third-order valence-corrected chi connectivity index (χ3v) is 3.40. The maximum atomic E-state index is 11.7. The average Bonchev–Trinajstić information content (AvgIpc) is 2.94. The number of carboxylic acid groups (broad SMARTS) is 1. The van der Waals surface area contributed by atoms with Crippen LogP contribution in [0.15, 0.2) is 40.6 Å². The molecule has 0 spiro atoms. The van der Waals surface area contributed by atoms with E-state index in [1.807, 2.05) is 0 Å². The zero-order valence-electron chi connectivity index (χ0n) is 10.6. The van der Waals surface area contributed by atoms with Gasteiger partial charge in [0.25, 0.3) is 5.56 Å². The largest absolute Gasteiger partial charge is 0.487 e. The molecule has 0 unspecified atom stereocenters. The van der Waals surface area contributed by atoms with E-state index in [-0.39, 0.29) is 17.7 Å². The predicted molar refractivity (Wildman–Crippen MR) is 74.9 cm³/mol. The number of carbonyl (C=O) groups is 1. The van der Waals surface area contributed by atoms with Crippen LogP contribution in [0.2, 0.25) is 0 Å². The molecule has 3 aromatic rings. The van der Waals surface area contributed by atoms with Gasteiger partial charge < -0.3 is 9.84 Å². The van der Waals surface area contributed by atoms with Crippen molar-refractivity contribution in [2.75, 3.05) is 0 Å². The van der Waals surface area contributed by atoms with Crippen LogP contribution in [0.4, 0.5) is 0 Å². The van der Waals surface area contributed by atoms with Crippen LogP contribution in [-0.2, 0) is 6.61 Å². The Morgan fingerprint density at radius 1 is 1.33 bits per heavy atom. The van der Waals surface area contributed by atoms with Gasteiger partial charge in [-0.2, -0.15) is 9.61 Å². The highest BCUT2D eigenvalue weighted by Crippen LogP contribution is 2.14. The maximum absolute atomic E-state index is 11.7. The molecular weight excluding hydrogens is 294 g/mol. The van der Waals surface area contributed by atoms with E-state index >= 15 is 0 Å². The van der Waals surface area contributed by atoms with E-state index in [1.54, 1.807) is 17.6 Å². The molecule has 3 rings (SSSR count). The number of hydrogen-bond acceptors (Lipinski definition) is 6. The zero-order chi connectivity index (χ0) is 14.8. The molecule has 0 aliphatic rings. The first-order valence-corrected chi connectivity index (χ1v) is 6.80. The number of hydrogen-bond donors (Lipinski definition) is 1. The predicted octanol–water partition coefficient (Wildman–Crippen LogP) is 1.43. The summed E-state index contributed by atoms with van der Waals surface area (Å²) in [6.45, 7) is 0.121. The number of rotatable bonds is 4. The fourth-order valence-corrected chi connectivity index (χ4v) is 2.37. The van der Waals surface area contributed by atoms with Crippen LogP contribution in [0, 0.1) is 0 Å². The summed E-state index contributed by atoms with van der Waals surface area (Å²) < 4.78 is 6.71. The second-order valence-electron chi connectivity index (χ2n) is 4.14. The Morgan fingerprint density at radius 2 is 2.10 bits per heavy atom. The SMILES string of the molecule is O=C(O)c1ccc(OCc2cc(=O)n3ncsc3n2)cc1. The van der Waals surface area contributed by atoms with E-state index < -0.39 is 5.97 Å².